The molecule has 23 heavy (non-hydrogen) atoms. The van der Waals surface area contributed by atoms with E-state index >= 15 is 0 Å². The maximum absolute atomic E-state index is 11.9. The van der Waals surface area contributed by atoms with Crippen LogP contribution in [0.15, 0.2) is 18.2 Å². The normalized spacial score (nSPS) is 23.5. The van der Waals surface area contributed by atoms with E-state index in [0.29, 0.717) is 12.2 Å². The molecule has 0 aromatic heterocycles. The summed E-state index contributed by atoms with van der Waals surface area (Å²) in [6, 6.07) is 5.32. The third kappa shape index (κ3) is 3.19. The molecule has 0 spiro atoms. The lowest BCUT2D eigenvalue weighted by molar-refractivity contribution is 0.0143. The van der Waals surface area contributed by atoms with Crippen molar-refractivity contribution in [1.82, 2.24) is 4.90 Å². The molecule has 0 amide bonds. The molecule has 3 rings (SSSR count). The first-order valence-corrected chi connectivity index (χ1v) is 9.88. The number of nitrogens with zero attached hydrogens (tertiary/aromatic N) is 1. The Balaban J connectivity index is 1.86. The molecule has 0 bridgehead atoms. The van der Waals surface area contributed by atoms with Crippen molar-refractivity contribution in [1.29, 1.82) is 0 Å². The van der Waals surface area contributed by atoms with Crippen LogP contribution in [0.3, 0.4) is 0 Å². The van der Waals surface area contributed by atoms with Gasteiger partial charge in [0.25, 0.3) is 0 Å². The molecular weight excluding hydrogens is 314 g/mol. The summed E-state index contributed by atoms with van der Waals surface area (Å²) in [5, 5.41) is 0. The van der Waals surface area contributed by atoms with Crippen LogP contribution in [0, 0.1) is 0 Å². The van der Waals surface area contributed by atoms with Gasteiger partial charge in [-0.15, -0.1) is 0 Å². The van der Waals surface area contributed by atoms with Crippen LogP contribution in [0.25, 0.3) is 0 Å². The van der Waals surface area contributed by atoms with Crippen molar-refractivity contribution in [2.24, 2.45) is 0 Å². The Bertz CT molecular complexity index is 678. The summed E-state index contributed by atoms with van der Waals surface area (Å²) in [6.07, 6.45) is 2.95. The molecule has 0 aliphatic carbocycles. The summed E-state index contributed by atoms with van der Waals surface area (Å²) in [5.74, 6) is 1.23. The number of hydrogen-bond donors (Lipinski definition) is 0. The van der Waals surface area contributed by atoms with Crippen molar-refractivity contribution in [2.75, 3.05) is 18.8 Å². The second kappa shape index (κ2) is 5.98. The molecule has 1 saturated heterocycles. The lowest BCUT2D eigenvalue weighted by Gasteiger charge is -2.33. The van der Waals surface area contributed by atoms with Gasteiger partial charge >= 0.3 is 10.1 Å². The summed E-state index contributed by atoms with van der Waals surface area (Å²) in [6.45, 7) is 8.21. The molecule has 6 heteroatoms. The molecule has 5 nitrogen and oxygen atoms in total. The second-order valence-corrected chi connectivity index (χ2v) is 8.63. The average Bonchev–Trinajstić information content (AvgIpc) is 3.05. The Morgan fingerprint density at radius 3 is 2.65 bits per heavy atom. The van der Waals surface area contributed by atoms with E-state index in [1.54, 1.807) is 6.07 Å². The van der Waals surface area contributed by atoms with Crippen LogP contribution < -0.4 is 8.92 Å². The average molecular weight is 339 g/mol. The highest BCUT2D eigenvalue weighted by Gasteiger charge is 2.45. The molecule has 1 aromatic carbocycles. The van der Waals surface area contributed by atoms with Gasteiger partial charge in [-0.05, 0) is 37.5 Å². The van der Waals surface area contributed by atoms with Crippen molar-refractivity contribution in [3.8, 4) is 11.5 Å². The minimum absolute atomic E-state index is 0.00231. The van der Waals surface area contributed by atoms with Gasteiger partial charge in [-0.3, -0.25) is 4.90 Å². The molecule has 0 saturated carbocycles. The molecule has 1 unspecified atom stereocenters. The smallest absolute Gasteiger partial charge is 0.309 e. The molecule has 2 aliphatic rings. The highest BCUT2D eigenvalue weighted by atomic mass is 32.2. The molecule has 0 radical (unpaired) electrons. The Hall–Kier alpha value is -1.27. The van der Waals surface area contributed by atoms with Gasteiger partial charge in [0.05, 0.1) is 5.75 Å². The Morgan fingerprint density at radius 2 is 2.00 bits per heavy atom. The monoisotopic (exact) mass is 339 g/mol. The summed E-state index contributed by atoms with van der Waals surface area (Å²) >= 11 is 0. The fourth-order valence-electron chi connectivity index (χ4n) is 3.51. The van der Waals surface area contributed by atoms with E-state index in [2.05, 4.69) is 18.7 Å². The number of likely N-dealkylation sites (tertiary alicyclic amines) is 1. The van der Waals surface area contributed by atoms with Gasteiger partial charge in [0.15, 0.2) is 6.23 Å². The van der Waals surface area contributed by atoms with E-state index in [1.165, 1.54) is 12.8 Å². The van der Waals surface area contributed by atoms with E-state index in [9.17, 15) is 8.42 Å². The number of hydrogen-bond acceptors (Lipinski definition) is 5. The molecule has 1 aromatic rings. The van der Waals surface area contributed by atoms with Crippen LogP contribution >= 0.6 is 0 Å². The van der Waals surface area contributed by atoms with Gasteiger partial charge in [0, 0.05) is 24.1 Å². The molecule has 128 valence electrons. The maximum atomic E-state index is 11.9. The van der Waals surface area contributed by atoms with E-state index in [1.807, 2.05) is 19.1 Å². The molecular formula is C17H25NO4S. The quantitative estimate of drug-likeness (QED) is 0.772. The molecule has 1 fully saturated rings. The van der Waals surface area contributed by atoms with Crippen molar-refractivity contribution < 1.29 is 17.3 Å². The lowest BCUT2D eigenvalue weighted by atomic mass is 9.83. The zero-order valence-corrected chi connectivity index (χ0v) is 14.9. The highest BCUT2D eigenvalue weighted by molar-refractivity contribution is 7.87. The maximum Gasteiger partial charge on any atom is 0.309 e. The van der Waals surface area contributed by atoms with Crippen molar-refractivity contribution >= 4 is 10.1 Å². The number of benzene rings is 1. The fourth-order valence-corrected chi connectivity index (χ4v) is 4.49. The second-order valence-electron chi connectivity index (χ2n) is 6.94. The van der Waals surface area contributed by atoms with E-state index < -0.39 is 10.1 Å². The summed E-state index contributed by atoms with van der Waals surface area (Å²) in [5.41, 5.74) is 0.812. The third-order valence-corrected chi connectivity index (χ3v) is 6.01. The van der Waals surface area contributed by atoms with Gasteiger partial charge in [0.1, 0.15) is 11.5 Å². The molecule has 0 N–H and O–H groups in total. The SMILES string of the molecule is CCCS(=O)(=O)Oc1ccc2c(c1)C(C)(C)C(N1CCCC1)O2. The number of fused-ring (bicyclic) bond motifs is 1. The summed E-state index contributed by atoms with van der Waals surface area (Å²) in [7, 11) is -3.52. The Labute approximate surface area is 138 Å². The van der Waals surface area contributed by atoms with Crippen molar-refractivity contribution in [2.45, 2.75) is 51.7 Å². The first-order chi connectivity index (χ1) is 10.8. The zero-order valence-electron chi connectivity index (χ0n) is 14.0. The van der Waals surface area contributed by atoms with Crippen LogP contribution in [0.4, 0.5) is 0 Å². The first-order valence-electron chi connectivity index (χ1n) is 8.31. The van der Waals surface area contributed by atoms with E-state index in [-0.39, 0.29) is 17.4 Å². The van der Waals surface area contributed by atoms with E-state index in [4.69, 9.17) is 8.92 Å². The van der Waals surface area contributed by atoms with Gasteiger partial charge in [-0.1, -0.05) is 20.8 Å². The molecule has 2 heterocycles. The summed E-state index contributed by atoms with van der Waals surface area (Å²) in [4.78, 5) is 2.37. The minimum atomic E-state index is -3.52. The van der Waals surface area contributed by atoms with Gasteiger partial charge in [-0.25, -0.2) is 0 Å². The Morgan fingerprint density at radius 1 is 1.30 bits per heavy atom. The minimum Gasteiger partial charge on any atom is -0.474 e. The number of ether oxygens (including phenoxy) is 1. The van der Waals surface area contributed by atoms with Gasteiger partial charge in [0.2, 0.25) is 0 Å². The fraction of sp³-hybridized carbons (Fsp3) is 0.647. The zero-order chi connectivity index (χ0) is 16.7. The van der Waals surface area contributed by atoms with Crippen molar-refractivity contribution in [3.05, 3.63) is 23.8 Å². The topological polar surface area (TPSA) is 55.8 Å². The lowest BCUT2D eigenvalue weighted by Crippen LogP contribution is -2.46. The standard InChI is InChI=1S/C17H25NO4S/c1-4-11-23(19,20)22-13-7-8-15-14(12-13)17(2,3)16(21-15)18-9-5-6-10-18/h7-8,12,16H,4-6,9-11H2,1-3H3. The number of rotatable bonds is 5. The van der Waals surface area contributed by atoms with Crippen LogP contribution in [0.2, 0.25) is 0 Å². The highest BCUT2D eigenvalue weighted by Crippen LogP contribution is 2.46. The van der Waals surface area contributed by atoms with Crippen LogP contribution in [0.5, 0.6) is 11.5 Å². The largest absolute Gasteiger partial charge is 0.474 e. The van der Waals surface area contributed by atoms with Crippen LogP contribution in [-0.4, -0.2) is 38.4 Å². The molecule has 1 atom stereocenters. The summed E-state index contributed by atoms with van der Waals surface area (Å²) < 4.78 is 35.1. The van der Waals surface area contributed by atoms with Gasteiger partial charge < -0.3 is 8.92 Å². The van der Waals surface area contributed by atoms with E-state index in [0.717, 1.165) is 24.4 Å². The van der Waals surface area contributed by atoms with Crippen LogP contribution in [-0.2, 0) is 15.5 Å². The predicted octanol–water partition coefficient (Wildman–Crippen LogP) is 2.90. The Kier molecular flexibility index (Phi) is 4.31. The molecule has 2 aliphatic heterocycles. The van der Waals surface area contributed by atoms with Gasteiger partial charge in [-0.2, -0.15) is 8.42 Å². The first kappa shape index (κ1) is 16.6. The predicted molar refractivity (Wildman–Crippen MR) is 89.4 cm³/mol. The van der Waals surface area contributed by atoms with Crippen molar-refractivity contribution in [3.63, 3.8) is 0 Å². The third-order valence-electron chi connectivity index (χ3n) is 4.65. The van der Waals surface area contributed by atoms with Crippen LogP contribution in [0.1, 0.15) is 45.6 Å².